The Morgan fingerprint density at radius 1 is 1.07 bits per heavy atom. The van der Waals surface area contributed by atoms with E-state index in [1.807, 2.05) is 54.3 Å². The molecule has 0 saturated carbocycles. The van der Waals surface area contributed by atoms with Gasteiger partial charge < -0.3 is 15.5 Å². The van der Waals surface area contributed by atoms with Gasteiger partial charge in [0.05, 0.1) is 12.2 Å². The number of hydrogen-bond acceptors (Lipinski definition) is 3. The van der Waals surface area contributed by atoms with Crippen molar-refractivity contribution in [1.82, 2.24) is 20.5 Å². The second-order valence-electron chi connectivity index (χ2n) is 7.17. The number of benzene rings is 1. The molecule has 3 amide bonds. The Morgan fingerprint density at radius 2 is 1.82 bits per heavy atom. The van der Waals surface area contributed by atoms with Crippen LogP contribution in [-0.2, 0) is 13.0 Å². The second-order valence-corrected chi connectivity index (χ2v) is 7.17. The van der Waals surface area contributed by atoms with E-state index in [9.17, 15) is 9.59 Å². The lowest BCUT2D eigenvalue weighted by Crippen LogP contribution is -2.44. The lowest BCUT2D eigenvalue weighted by atomic mass is 9.90. The van der Waals surface area contributed by atoms with Crippen molar-refractivity contribution in [2.24, 2.45) is 5.92 Å². The second kappa shape index (κ2) is 9.88. The number of piperidine rings is 1. The quantitative estimate of drug-likeness (QED) is 0.809. The molecule has 0 aliphatic carbocycles. The fraction of sp³-hybridized carbons (Fsp3) is 0.409. The fourth-order valence-electron chi connectivity index (χ4n) is 3.50. The molecule has 1 aliphatic rings. The highest BCUT2D eigenvalue weighted by molar-refractivity contribution is 5.94. The molecule has 6 heteroatoms. The van der Waals surface area contributed by atoms with E-state index in [4.69, 9.17) is 0 Å². The molecule has 28 heavy (non-hydrogen) atoms. The zero-order chi connectivity index (χ0) is 19.8. The summed E-state index contributed by atoms with van der Waals surface area (Å²) >= 11 is 0. The molecule has 0 atom stereocenters. The number of pyridine rings is 1. The molecular weight excluding hydrogens is 352 g/mol. The number of urea groups is 1. The maximum atomic E-state index is 12.3. The molecule has 2 N–H and O–H groups in total. The lowest BCUT2D eigenvalue weighted by Gasteiger charge is -2.32. The van der Waals surface area contributed by atoms with Crippen molar-refractivity contribution >= 4 is 11.9 Å². The summed E-state index contributed by atoms with van der Waals surface area (Å²) < 4.78 is 0. The van der Waals surface area contributed by atoms with E-state index >= 15 is 0 Å². The number of nitrogens with zero attached hydrogens (tertiary/aromatic N) is 2. The Morgan fingerprint density at radius 3 is 2.46 bits per heavy atom. The van der Waals surface area contributed by atoms with Crippen molar-refractivity contribution in [1.29, 1.82) is 0 Å². The smallest absolute Gasteiger partial charge is 0.317 e. The Labute approximate surface area is 166 Å². The van der Waals surface area contributed by atoms with Gasteiger partial charge in [0.2, 0.25) is 0 Å². The predicted molar refractivity (Wildman–Crippen MR) is 109 cm³/mol. The first kappa shape index (κ1) is 19.9. The zero-order valence-electron chi connectivity index (χ0n) is 16.4. The van der Waals surface area contributed by atoms with Crippen LogP contribution in [0.1, 0.15) is 41.4 Å². The maximum Gasteiger partial charge on any atom is 0.317 e. The van der Waals surface area contributed by atoms with Gasteiger partial charge in [0, 0.05) is 31.4 Å². The number of rotatable bonds is 6. The standard InChI is InChI=1S/C22H28N4O2/c1-2-23-22(28)26-13-10-18(11-14-26)15-17-6-8-19(9-7-17)21(27)25-16-20-5-3-4-12-24-20/h3-9,12,18H,2,10-11,13-16H2,1H3,(H,23,28)(H,25,27). The summed E-state index contributed by atoms with van der Waals surface area (Å²) in [7, 11) is 0. The average molecular weight is 380 g/mol. The van der Waals surface area contributed by atoms with E-state index in [1.165, 1.54) is 5.56 Å². The van der Waals surface area contributed by atoms with E-state index in [2.05, 4.69) is 15.6 Å². The molecule has 1 fully saturated rings. The maximum absolute atomic E-state index is 12.3. The molecule has 0 spiro atoms. The van der Waals surface area contributed by atoms with Gasteiger partial charge in [-0.25, -0.2) is 4.79 Å². The number of hydrogen-bond donors (Lipinski definition) is 2. The number of carbonyl (C=O) groups excluding carboxylic acids is 2. The molecule has 148 valence electrons. The first-order valence-corrected chi connectivity index (χ1v) is 9.95. The zero-order valence-corrected chi connectivity index (χ0v) is 16.4. The first-order chi connectivity index (χ1) is 13.7. The minimum atomic E-state index is -0.0903. The average Bonchev–Trinajstić information content (AvgIpc) is 2.74. The van der Waals surface area contributed by atoms with Crippen molar-refractivity contribution in [2.75, 3.05) is 19.6 Å². The van der Waals surface area contributed by atoms with Crippen LogP contribution in [0.5, 0.6) is 0 Å². The molecule has 0 unspecified atom stereocenters. The van der Waals surface area contributed by atoms with E-state index in [1.54, 1.807) is 6.20 Å². The van der Waals surface area contributed by atoms with E-state index in [0.29, 0.717) is 24.6 Å². The van der Waals surface area contributed by atoms with Crippen LogP contribution in [0.4, 0.5) is 4.79 Å². The Balaban J connectivity index is 1.45. The highest BCUT2D eigenvalue weighted by atomic mass is 16.2. The monoisotopic (exact) mass is 380 g/mol. The minimum absolute atomic E-state index is 0.0435. The molecule has 6 nitrogen and oxygen atoms in total. The molecule has 1 aliphatic heterocycles. The molecule has 2 aromatic rings. The van der Waals surface area contributed by atoms with Gasteiger partial charge in [-0.3, -0.25) is 9.78 Å². The molecule has 3 rings (SSSR count). The van der Waals surface area contributed by atoms with Crippen LogP contribution in [0.3, 0.4) is 0 Å². The third-order valence-corrected chi connectivity index (χ3v) is 5.13. The number of amides is 3. The highest BCUT2D eigenvalue weighted by Gasteiger charge is 2.22. The van der Waals surface area contributed by atoms with Gasteiger partial charge in [0.1, 0.15) is 0 Å². The molecule has 1 aromatic heterocycles. The van der Waals surface area contributed by atoms with Gasteiger partial charge in [-0.1, -0.05) is 18.2 Å². The van der Waals surface area contributed by atoms with Gasteiger partial charge in [-0.05, 0) is 61.9 Å². The van der Waals surface area contributed by atoms with Gasteiger partial charge in [-0.2, -0.15) is 0 Å². The predicted octanol–water partition coefficient (Wildman–Crippen LogP) is 3.00. The number of likely N-dealkylation sites (tertiary alicyclic amines) is 1. The summed E-state index contributed by atoms with van der Waals surface area (Å²) in [6.07, 6.45) is 4.74. The van der Waals surface area contributed by atoms with Crippen molar-refractivity contribution in [3.63, 3.8) is 0 Å². The lowest BCUT2D eigenvalue weighted by molar-refractivity contribution is 0.0950. The third kappa shape index (κ3) is 5.55. The highest BCUT2D eigenvalue weighted by Crippen LogP contribution is 2.22. The molecular formula is C22H28N4O2. The summed E-state index contributed by atoms with van der Waals surface area (Å²) in [4.78, 5) is 30.3. The third-order valence-electron chi connectivity index (χ3n) is 5.13. The topological polar surface area (TPSA) is 74.3 Å². The molecule has 2 heterocycles. The molecule has 1 saturated heterocycles. The first-order valence-electron chi connectivity index (χ1n) is 9.95. The van der Waals surface area contributed by atoms with Crippen molar-refractivity contribution in [3.05, 3.63) is 65.5 Å². The summed E-state index contributed by atoms with van der Waals surface area (Å²) in [6, 6.07) is 13.5. The van der Waals surface area contributed by atoms with Crippen molar-refractivity contribution in [2.45, 2.75) is 32.7 Å². The summed E-state index contributed by atoms with van der Waals surface area (Å²) in [5, 5.41) is 5.76. The van der Waals surface area contributed by atoms with Crippen LogP contribution in [0.15, 0.2) is 48.7 Å². The largest absolute Gasteiger partial charge is 0.346 e. The minimum Gasteiger partial charge on any atom is -0.346 e. The van der Waals surface area contributed by atoms with Crippen LogP contribution in [0, 0.1) is 5.92 Å². The number of nitrogens with one attached hydrogen (secondary N) is 2. The van der Waals surface area contributed by atoms with E-state index < -0.39 is 0 Å². The van der Waals surface area contributed by atoms with Crippen LogP contribution in [-0.4, -0.2) is 41.5 Å². The van der Waals surface area contributed by atoms with Crippen LogP contribution in [0.25, 0.3) is 0 Å². The number of aromatic nitrogens is 1. The van der Waals surface area contributed by atoms with E-state index in [0.717, 1.165) is 38.0 Å². The fourth-order valence-corrected chi connectivity index (χ4v) is 3.50. The SMILES string of the molecule is CCNC(=O)N1CCC(Cc2ccc(C(=O)NCc3ccccn3)cc2)CC1. The van der Waals surface area contributed by atoms with Crippen LogP contribution >= 0.6 is 0 Å². The van der Waals surface area contributed by atoms with Gasteiger partial charge >= 0.3 is 6.03 Å². The van der Waals surface area contributed by atoms with Gasteiger partial charge in [0.25, 0.3) is 5.91 Å². The normalized spacial score (nSPS) is 14.5. The Kier molecular flexibility index (Phi) is 7.00. The van der Waals surface area contributed by atoms with E-state index in [-0.39, 0.29) is 11.9 Å². The van der Waals surface area contributed by atoms with Gasteiger partial charge in [0.15, 0.2) is 0 Å². The molecule has 1 aromatic carbocycles. The summed E-state index contributed by atoms with van der Waals surface area (Å²) in [5.41, 5.74) is 2.73. The Hall–Kier alpha value is -2.89. The molecule has 0 bridgehead atoms. The summed E-state index contributed by atoms with van der Waals surface area (Å²) in [6.45, 7) is 4.65. The van der Waals surface area contributed by atoms with Crippen molar-refractivity contribution in [3.8, 4) is 0 Å². The number of carbonyl (C=O) groups is 2. The van der Waals surface area contributed by atoms with Crippen LogP contribution in [0.2, 0.25) is 0 Å². The Bertz CT molecular complexity index is 769. The summed E-state index contributed by atoms with van der Waals surface area (Å²) in [5.74, 6) is 0.488. The van der Waals surface area contributed by atoms with Crippen molar-refractivity contribution < 1.29 is 9.59 Å². The molecule has 0 radical (unpaired) electrons. The van der Waals surface area contributed by atoms with Gasteiger partial charge in [-0.15, -0.1) is 0 Å². The van der Waals surface area contributed by atoms with Crippen LogP contribution < -0.4 is 10.6 Å².